The summed E-state index contributed by atoms with van der Waals surface area (Å²) < 4.78 is 77.4. The molecule has 1 N–H and O–H groups in total. The minimum Gasteiger partial charge on any atom is -0.610 e. The van der Waals surface area contributed by atoms with Crippen LogP contribution >= 0.6 is 0 Å². The van der Waals surface area contributed by atoms with Crippen molar-refractivity contribution in [2.45, 2.75) is 16.1 Å². The number of sulfonamides is 1. The summed E-state index contributed by atoms with van der Waals surface area (Å²) in [7, 11) is -2.38. The molecule has 0 aliphatic rings. The zero-order valence-electron chi connectivity index (χ0n) is 16.3. The Morgan fingerprint density at radius 3 is 2.23 bits per heavy atom. The number of alkyl halides is 3. The topological polar surface area (TPSA) is 98.2 Å². The lowest BCUT2D eigenvalue weighted by molar-refractivity contribution is -0.140. The van der Waals surface area contributed by atoms with E-state index in [2.05, 4.69) is 15.3 Å². The second-order valence-corrected chi connectivity index (χ2v) is 9.59. The van der Waals surface area contributed by atoms with Crippen molar-refractivity contribution in [3.05, 3.63) is 66.4 Å². The van der Waals surface area contributed by atoms with Crippen LogP contribution in [0.1, 0.15) is 5.56 Å². The maximum atomic E-state index is 13.0. The number of rotatable bonds is 6. The molecule has 0 aliphatic carbocycles. The predicted molar refractivity (Wildman–Crippen MR) is 111 cm³/mol. The van der Waals surface area contributed by atoms with E-state index in [-0.39, 0.29) is 10.8 Å². The van der Waals surface area contributed by atoms with Gasteiger partial charge in [-0.1, -0.05) is 18.2 Å². The molecule has 0 saturated heterocycles. The first-order chi connectivity index (χ1) is 14.5. The fraction of sp³-hybridized carbons (Fsp3) is 0.158. The molecule has 7 nitrogen and oxygen atoms in total. The number of halogens is 3. The molecule has 0 radical (unpaired) electrons. The van der Waals surface area contributed by atoms with Gasteiger partial charge in [0, 0.05) is 30.1 Å². The maximum Gasteiger partial charge on any atom is 0.424 e. The molecular weight excluding hydrogens is 453 g/mol. The van der Waals surface area contributed by atoms with Gasteiger partial charge in [0.1, 0.15) is 11.8 Å². The molecule has 1 heterocycles. The number of nitrogens with zero attached hydrogens (tertiary/aromatic N) is 3. The standard InChI is InChI=1S/C19H17F3N4O3S2/c1-26(14-6-4-3-5-7-14)31(28,29)15-10-8-13(9-11-15)24-18-23-12-16(19(20,21)22)17(25-18)30(2)27/h3-12H,1-2H3,(H,23,24,25). The van der Waals surface area contributed by atoms with E-state index in [1.54, 1.807) is 30.3 Å². The number of nitrogens with one attached hydrogen (secondary N) is 1. The third-order valence-electron chi connectivity index (χ3n) is 4.22. The monoisotopic (exact) mass is 470 g/mol. The average Bonchev–Trinajstić information content (AvgIpc) is 2.73. The predicted octanol–water partition coefficient (Wildman–Crippen LogP) is 3.80. The fourth-order valence-electron chi connectivity index (χ4n) is 2.61. The Kier molecular flexibility index (Phi) is 6.43. The molecule has 3 aromatic rings. The van der Waals surface area contributed by atoms with Gasteiger partial charge in [0.15, 0.2) is 0 Å². The molecule has 31 heavy (non-hydrogen) atoms. The van der Waals surface area contributed by atoms with Crippen LogP contribution in [0.4, 0.5) is 30.5 Å². The Bertz CT molecular complexity index is 1160. The van der Waals surface area contributed by atoms with Gasteiger partial charge in [-0.05, 0) is 36.4 Å². The number of aromatic nitrogens is 2. The van der Waals surface area contributed by atoms with Crippen molar-refractivity contribution in [3.8, 4) is 0 Å². The van der Waals surface area contributed by atoms with Crippen molar-refractivity contribution in [1.82, 2.24) is 9.97 Å². The van der Waals surface area contributed by atoms with E-state index in [0.29, 0.717) is 17.6 Å². The van der Waals surface area contributed by atoms with E-state index in [4.69, 9.17) is 0 Å². The number of para-hydroxylation sites is 1. The number of hydrogen-bond acceptors (Lipinski definition) is 6. The summed E-state index contributed by atoms with van der Waals surface area (Å²) in [6.07, 6.45) is -3.09. The SMILES string of the molecule is CN(c1ccccc1)S(=O)(=O)c1ccc(Nc2ncc(C(F)(F)F)c([S+](C)[O-])n2)cc1. The van der Waals surface area contributed by atoms with Crippen LogP contribution in [-0.4, -0.2) is 36.2 Å². The van der Waals surface area contributed by atoms with E-state index in [1.165, 1.54) is 31.3 Å². The normalized spacial score (nSPS) is 13.0. The summed E-state index contributed by atoms with van der Waals surface area (Å²) >= 11 is -1.99. The van der Waals surface area contributed by atoms with Gasteiger partial charge in [-0.25, -0.2) is 13.4 Å². The molecule has 3 rings (SSSR count). The van der Waals surface area contributed by atoms with Crippen molar-refractivity contribution in [2.75, 3.05) is 22.9 Å². The van der Waals surface area contributed by atoms with Crippen LogP contribution in [0.2, 0.25) is 0 Å². The Hall–Kier alpha value is -2.83. The van der Waals surface area contributed by atoms with Gasteiger partial charge in [-0.3, -0.25) is 4.31 Å². The van der Waals surface area contributed by atoms with Crippen LogP contribution < -0.4 is 9.62 Å². The van der Waals surface area contributed by atoms with Crippen LogP contribution in [0, 0.1) is 0 Å². The van der Waals surface area contributed by atoms with Crippen LogP contribution in [0.15, 0.2) is 70.7 Å². The molecule has 0 amide bonds. The first kappa shape index (κ1) is 22.8. The highest BCUT2D eigenvalue weighted by atomic mass is 32.2. The molecule has 2 aromatic carbocycles. The molecule has 0 aliphatic heterocycles. The Morgan fingerprint density at radius 1 is 1.06 bits per heavy atom. The molecule has 1 unspecified atom stereocenters. The molecule has 0 saturated carbocycles. The molecule has 1 atom stereocenters. The Labute approximate surface area is 180 Å². The van der Waals surface area contributed by atoms with Crippen LogP contribution in [0.5, 0.6) is 0 Å². The maximum absolute atomic E-state index is 13.0. The van der Waals surface area contributed by atoms with E-state index in [0.717, 1.165) is 10.6 Å². The van der Waals surface area contributed by atoms with Crippen LogP contribution in [0.25, 0.3) is 0 Å². The number of anilines is 3. The van der Waals surface area contributed by atoms with Crippen molar-refractivity contribution < 1.29 is 26.1 Å². The Balaban J connectivity index is 1.83. The van der Waals surface area contributed by atoms with Gasteiger partial charge in [0.05, 0.1) is 10.6 Å². The summed E-state index contributed by atoms with van der Waals surface area (Å²) in [6.45, 7) is 0. The average molecular weight is 470 g/mol. The first-order valence-electron chi connectivity index (χ1n) is 8.69. The Morgan fingerprint density at radius 2 is 1.68 bits per heavy atom. The van der Waals surface area contributed by atoms with Gasteiger partial charge in [-0.15, -0.1) is 0 Å². The van der Waals surface area contributed by atoms with Crippen LogP contribution in [-0.2, 0) is 27.4 Å². The van der Waals surface area contributed by atoms with Gasteiger partial charge in [-0.2, -0.15) is 18.2 Å². The lowest BCUT2D eigenvalue weighted by Gasteiger charge is -2.19. The van der Waals surface area contributed by atoms with Gasteiger partial charge >= 0.3 is 6.18 Å². The lowest BCUT2D eigenvalue weighted by Crippen LogP contribution is -2.26. The van der Waals surface area contributed by atoms with Gasteiger partial charge in [0.25, 0.3) is 15.0 Å². The molecule has 12 heteroatoms. The highest BCUT2D eigenvalue weighted by Crippen LogP contribution is 2.33. The van der Waals surface area contributed by atoms with Gasteiger partial charge in [0.2, 0.25) is 5.95 Å². The minimum absolute atomic E-state index is 0.0214. The molecular formula is C19H17F3N4O3S2. The van der Waals surface area contributed by atoms with Crippen LogP contribution in [0.3, 0.4) is 0 Å². The van der Waals surface area contributed by atoms with E-state index >= 15 is 0 Å². The molecule has 164 valence electrons. The summed E-state index contributed by atoms with van der Waals surface area (Å²) in [5.74, 6) is -0.199. The highest BCUT2D eigenvalue weighted by Gasteiger charge is 2.39. The first-order valence-corrected chi connectivity index (χ1v) is 11.7. The zero-order valence-corrected chi connectivity index (χ0v) is 17.9. The fourth-order valence-corrected chi connectivity index (χ4v) is 4.50. The summed E-state index contributed by atoms with van der Waals surface area (Å²) in [4.78, 5) is 7.34. The minimum atomic E-state index is -4.74. The summed E-state index contributed by atoms with van der Waals surface area (Å²) in [6, 6.07) is 14.1. The molecule has 0 fully saturated rings. The van der Waals surface area contributed by atoms with Crippen molar-refractivity contribution in [2.24, 2.45) is 0 Å². The highest BCUT2D eigenvalue weighted by molar-refractivity contribution is 7.92. The van der Waals surface area contributed by atoms with Crippen molar-refractivity contribution in [1.29, 1.82) is 0 Å². The van der Waals surface area contributed by atoms with E-state index in [1.807, 2.05) is 0 Å². The summed E-state index contributed by atoms with van der Waals surface area (Å²) in [5.41, 5.74) is -0.346. The van der Waals surface area contributed by atoms with Crippen molar-refractivity contribution in [3.63, 3.8) is 0 Å². The second kappa shape index (κ2) is 8.73. The molecule has 0 spiro atoms. The quantitative estimate of drug-likeness (QED) is 0.435. The third-order valence-corrected chi connectivity index (χ3v) is 6.88. The molecule has 0 bridgehead atoms. The lowest BCUT2D eigenvalue weighted by atomic mass is 10.3. The van der Waals surface area contributed by atoms with E-state index < -0.39 is 38.0 Å². The third kappa shape index (κ3) is 5.09. The second-order valence-electron chi connectivity index (χ2n) is 6.32. The summed E-state index contributed by atoms with van der Waals surface area (Å²) in [5, 5.41) is 2.04. The zero-order chi connectivity index (χ0) is 22.8. The van der Waals surface area contributed by atoms with Gasteiger partial charge < -0.3 is 9.87 Å². The van der Waals surface area contributed by atoms with Crippen molar-refractivity contribution >= 4 is 38.5 Å². The largest absolute Gasteiger partial charge is 0.610 e. The number of benzene rings is 2. The number of hydrogen-bond donors (Lipinski definition) is 1. The molecule has 1 aromatic heterocycles. The van der Waals surface area contributed by atoms with E-state index in [9.17, 15) is 26.1 Å². The smallest absolute Gasteiger partial charge is 0.424 e.